The molecule has 1 saturated carbocycles. The van der Waals surface area contributed by atoms with Crippen LogP contribution in [0, 0.1) is 17.8 Å². The predicted molar refractivity (Wildman–Crippen MR) is 68.7 cm³/mol. The van der Waals surface area contributed by atoms with E-state index in [0.717, 1.165) is 0 Å². The third-order valence-electron chi connectivity index (χ3n) is 3.64. The zero-order valence-corrected chi connectivity index (χ0v) is 11.7. The first-order chi connectivity index (χ1) is 8.99. The van der Waals surface area contributed by atoms with Gasteiger partial charge in [0.2, 0.25) is 5.91 Å². The molecule has 1 rings (SSSR count). The summed E-state index contributed by atoms with van der Waals surface area (Å²) in [5, 5.41) is 11.9. The molecule has 19 heavy (non-hydrogen) atoms. The molecule has 1 fully saturated rings. The van der Waals surface area contributed by atoms with Crippen LogP contribution < -0.4 is 5.32 Å². The van der Waals surface area contributed by atoms with Crippen LogP contribution in [-0.2, 0) is 19.1 Å². The quantitative estimate of drug-likeness (QED) is 0.706. The molecule has 0 aromatic heterocycles. The van der Waals surface area contributed by atoms with Crippen molar-refractivity contribution in [2.75, 3.05) is 27.4 Å². The molecule has 0 radical (unpaired) electrons. The lowest BCUT2D eigenvalue weighted by Gasteiger charge is -2.19. The standard InChI is InChI=1S/C13H23NO5/c1-8-4-10(11(5-8)13(16)17)12(15)14-6-9(19-3)7-18-2/h8-11H,4-7H2,1-3H3,(H,14,15)(H,16,17)/t8?,9?,10-,11+/m0/s1. The van der Waals surface area contributed by atoms with E-state index in [2.05, 4.69) is 5.32 Å². The fourth-order valence-electron chi connectivity index (χ4n) is 2.60. The highest BCUT2D eigenvalue weighted by molar-refractivity contribution is 5.85. The summed E-state index contributed by atoms with van der Waals surface area (Å²) in [6.07, 6.45) is 0.986. The van der Waals surface area contributed by atoms with Crippen molar-refractivity contribution in [1.82, 2.24) is 5.32 Å². The molecule has 6 nitrogen and oxygen atoms in total. The number of amides is 1. The van der Waals surface area contributed by atoms with Crippen LogP contribution in [0.5, 0.6) is 0 Å². The van der Waals surface area contributed by atoms with Gasteiger partial charge in [-0.1, -0.05) is 6.92 Å². The largest absolute Gasteiger partial charge is 0.481 e. The average molecular weight is 273 g/mol. The van der Waals surface area contributed by atoms with Gasteiger partial charge in [0.25, 0.3) is 0 Å². The molecule has 110 valence electrons. The lowest BCUT2D eigenvalue weighted by molar-refractivity contribution is -0.146. The molecule has 6 heteroatoms. The fourth-order valence-corrected chi connectivity index (χ4v) is 2.60. The number of carboxylic acid groups (broad SMARTS) is 1. The van der Waals surface area contributed by atoms with Gasteiger partial charge < -0.3 is 19.9 Å². The van der Waals surface area contributed by atoms with E-state index >= 15 is 0 Å². The van der Waals surface area contributed by atoms with Crippen molar-refractivity contribution in [3.05, 3.63) is 0 Å². The first kappa shape index (κ1) is 15.9. The number of carboxylic acids is 1. The lowest BCUT2D eigenvalue weighted by atomic mass is 9.95. The van der Waals surface area contributed by atoms with Crippen LogP contribution in [0.15, 0.2) is 0 Å². The molecule has 0 aliphatic heterocycles. The summed E-state index contributed by atoms with van der Waals surface area (Å²) in [6.45, 7) is 2.70. The molecule has 2 unspecified atom stereocenters. The Balaban J connectivity index is 2.50. The van der Waals surface area contributed by atoms with Crippen LogP contribution in [0.1, 0.15) is 19.8 Å². The van der Waals surface area contributed by atoms with Gasteiger partial charge in [-0.05, 0) is 18.8 Å². The van der Waals surface area contributed by atoms with Crippen molar-refractivity contribution in [1.29, 1.82) is 0 Å². The summed E-state index contributed by atoms with van der Waals surface area (Å²) in [5.74, 6) is -1.82. The highest BCUT2D eigenvalue weighted by Crippen LogP contribution is 2.36. The molecule has 1 aliphatic rings. The maximum atomic E-state index is 12.1. The molecule has 0 saturated heterocycles. The molecule has 4 atom stereocenters. The van der Waals surface area contributed by atoms with E-state index in [-0.39, 0.29) is 17.9 Å². The Morgan fingerprint density at radius 3 is 2.47 bits per heavy atom. The maximum absolute atomic E-state index is 12.1. The molecule has 0 spiro atoms. The minimum Gasteiger partial charge on any atom is -0.481 e. The summed E-state index contributed by atoms with van der Waals surface area (Å²) >= 11 is 0. The molecule has 0 aromatic carbocycles. The summed E-state index contributed by atoms with van der Waals surface area (Å²) < 4.78 is 10.1. The Morgan fingerprint density at radius 2 is 1.95 bits per heavy atom. The van der Waals surface area contributed by atoms with Crippen LogP contribution in [0.2, 0.25) is 0 Å². The minimum atomic E-state index is -0.885. The van der Waals surface area contributed by atoms with E-state index in [1.807, 2.05) is 6.92 Å². The van der Waals surface area contributed by atoms with Crippen molar-refractivity contribution >= 4 is 11.9 Å². The van der Waals surface area contributed by atoms with Crippen LogP contribution in [0.4, 0.5) is 0 Å². The monoisotopic (exact) mass is 273 g/mol. The topological polar surface area (TPSA) is 84.9 Å². The van der Waals surface area contributed by atoms with Crippen molar-refractivity contribution in [3.8, 4) is 0 Å². The number of aliphatic carboxylic acids is 1. The van der Waals surface area contributed by atoms with E-state index in [1.54, 1.807) is 14.2 Å². The first-order valence-electron chi connectivity index (χ1n) is 6.51. The van der Waals surface area contributed by atoms with Gasteiger partial charge in [0, 0.05) is 20.8 Å². The number of nitrogens with one attached hydrogen (secondary N) is 1. The van der Waals surface area contributed by atoms with Crippen LogP contribution in [0.25, 0.3) is 0 Å². The zero-order chi connectivity index (χ0) is 14.4. The molecule has 0 aromatic rings. The number of methoxy groups -OCH3 is 2. The number of hydrogen-bond donors (Lipinski definition) is 2. The molecule has 1 amide bonds. The summed E-state index contributed by atoms with van der Waals surface area (Å²) in [4.78, 5) is 23.2. The van der Waals surface area contributed by atoms with E-state index < -0.39 is 17.8 Å². The Bertz CT molecular complexity index is 320. The minimum absolute atomic E-state index is 0.199. The Morgan fingerprint density at radius 1 is 1.32 bits per heavy atom. The second-order valence-electron chi connectivity index (χ2n) is 5.19. The van der Waals surface area contributed by atoms with Crippen molar-refractivity contribution in [2.24, 2.45) is 17.8 Å². The smallest absolute Gasteiger partial charge is 0.307 e. The van der Waals surface area contributed by atoms with E-state index in [1.165, 1.54) is 0 Å². The third kappa shape index (κ3) is 4.47. The second kappa shape index (κ2) is 7.45. The summed E-state index contributed by atoms with van der Waals surface area (Å²) in [6, 6.07) is 0. The van der Waals surface area contributed by atoms with Crippen molar-refractivity contribution < 1.29 is 24.2 Å². The van der Waals surface area contributed by atoms with Crippen LogP contribution >= 0.6 is 0 Å². The lowest BCUT2D eigenvalue weighted by Crippen LogP contribution is -2.40. The summed E-state index contributed by atoms with van der Waals surface area (Å²) in [5.41, 5.74) is 0. The third-order valence-corrected chi connectivity index (χ3v) is 3.64. The van der Waals surface area contributed by atoms with Gasteiger partial charge in [-0.3, -0.25) is 9.59 Å². The Hall–Kier alpha value is -1.14. The number of hydrogen-bond acceptors (Lipinski definition) is 4. The van der Waals surface area contributed by atoms with E-state index in [4.69, 9.17) is 14.6 Å². The van der Waals surface area contributed by atoms with Gasteiger partial charge in [-0.15, -0.1) is 0 Å². The van der Waals surface area contributed by atoms with Crippen LogP contribution in [-0.4, -0.2) is 50.5 Å². The molecular weight excluding hydrogens is 250 g/mol. The number of rotatable bonds is 7. The van der Waals surface area contributed by atoms with E-state index in [9.17, 15) is 9.59 Å². The van der Waals surface area contributed by atoms with Crippen molar-refractivity contribution in [3.63, 3.8) is 0 Å². The number of ether oxygens (including phenoxy) is 2. The van der Waals surface area contributed by atoms with Gasteiger partial charge in [-0.2, -0.15) is 0 Å². The Labute approximate surface area is 113 Å². The predicted octanol–water partition coefficient (Wildman–Crippen LogP) is 0.511. The van der Waals surface area contributed by atoms with Gasteiger partial charge in [-0.25, -0.2) is 0 Å². The number of carbonyl (C=O) groups excluding carboxylic acids is 1. The normalized spacial score (nSPS) is 28.1. The number of carbonyl (C=O) groups is 2. The zero-order valence-electron chi connectivity index (χ0n) is 11.7. The second-order valence-corrected chi connectivity index (χ2v) is 5.19. The molecule has 0 heterocycles. The molecular formula is C13H23NO5. The maximum Gasteiger partial charge on any atom is 0.307 e. The molecule has 1 aliphatic carbocycles. The van der Waals surface area contributed by atoms with Gasteiger partial charge in [0.05, 0.1) is 24.5 Å². The van der Waals surface area contributed by atoms with Crippen molar-refractivity contribution in [2.45, 2.75) is 25.9 Å². The first-order valence-corrected chi connectivity index (χ1v) is 6.51. The SMILES string of the molecule is COCC(CNC(=O)[C@H]1CC(C)C[C@H]1C(=O)O)OC. The van der Waals surface area contributed by atoms with Crippen LogP contribution in [0.3, 0.4) is 0 Å². The van der Waals surface area contributed by atoms with Gasteiger partial charge in [0.15, 0.2) is 0 Å². The van der Waals surface area contributed by atoms with Gasteiger partial charge >= 0.3 is 5.97 Å². The van der Waals surface area contributed by atoms with E-state index in [0.29, 0.717) is 26.0 Å². The highest BCUT2D eigenvalue weighted by atomic mass is 16.5. The Kier molecular flexibility index (Phi) is 6.24. The molecule has 0 bridgehead atoms. The fraction of sp³-hybridized carbons (Fsp3) is 0.846. The summed E-state index contributed by atoms with van der Waals surface area (Å²) in [7, 11) is 3.11. The highest BCUT2D eigenvalue weighted by Gasteiger charge is 2.41. The average Bonchev–Trinajstić information content (AvgIpc) is 2.76. The van der Waals surface area contributed by atoms with Gasteiger partial charge in [0.1, 0.15) is 0 Å². The molecule has 2 N–H and O–H groups in total.